The molecular weight excluding hydrogens is 348 g/mol. The number of carbonyl (C=O) groups excluding carboxylic acids is 2. The number of allylic oxidation sites excluding steroid dienone is 4. The van der Waals surface area contributed by atoms with Gasteiger partial charge in [0.2, 0.25) is 0 Å². The number of ether oxygens (including phenoxy) is 1. The molecule has 0 aromatic heterocycles. The number of esters is 1. The Balaban J connectivity index is 2.20. The van der Waals surface area contributed by atoms with Crippen LogP contribution in [0.1, 0.15) is 104 Å². The van der Waals surface area contributed by atoms with Crippen molar-refractivity contribution in [1.29, 1.82) is 0 Å². The maximum atomic E-state index is 12.1. The molecule has 1 saturated carbocycles. The summed E-state index contributed by atoms with van der Waals surface area (Å²) < 4.78 is 5.14. The molecule has 0 aromatic carbocycles. The molecular formula is C25H42O3. The van der Waals surface area contributed by atoms with E-state index in [1.165, 1.54) is 44.9 Å². The number of rotatable bonds is 15. The van der Waals surface area contributed by atoms with E-state index in [1.807, 2.05) is 19.9 Å². The molecule has 0 saturated heterocycles. The molecule has 0 spiro atoms. The molecule has 0 aliphatic heterocycles. The monoisotopic (exact) mass is 390 g/mol. The van der Waals surface area contributed by atoms with Gasteiger partial charge in [-0.1, -0.05) is 57.3 Å². The van der Waals surface area contributed by atoms with Crippen molar-refractivity contribution in [2.45, 2.75) is 110 Å². The molecule has 0 radical (unpaired) electrons. The molecule has 0 amide bonds. The van der Waals surface area contributed by atoms with Gasteiger partial charge in [0.15, 0.2) is 5.78 Å². The minimum atomic E-state index is -0.0978. The Bertz CT molecular complexity index is 490. The molecule has 2 atom stereocenters. The van der Waals surface area contributed by atoms with E-state index in [0.29, 0.717) is 30.5 Å². The normalized spacial score (nSPS) is 19.9. The van der Waals surface area contributed by atoms with Crippen molar-refractivity contribution in [3.05, 3.63) is 24.3 Å². The fourth-order valence-electron chi connectivity index (χ4n) is 3.90. The standard InChI is InChI=1S/C25H42O3/c1-4-5-6-7-11-17-24(26)20-19-23-16-13-15-22(23)14-10-8-9-12-18-25(27)28-21(2)3/h8,10,19-23H,4-7,9,11-18H2,1-3H3/b10-8-,20-19+/t22-,23?/m0/s1. The van der Waals surface area contributed by atoms with Gasteiger partial charge >= 0.3 is 5.97 Å². The third-order valence-corrected chi connectivity index (χ3v) is 5.50. The number of unbranched alkanes of at least 4 members (excludes halogenated alkanes) is 5. The molecule has 3 heteroatoms. The molecule has 3 nitrogen and oxygen atoms in total. The average molecular weight is 391 g/mol. The highest BCUT2D eigenvalue weighted by Gasteiger charge is 2.24. The van der Waals surface area contributed by atoms with Crippen LogP contribution in [0.25, 0.3) is 0 Å². The van der Waals surface area contributed by atoms with Crippen LogP contribution >= 0.6 is 0 Å². The molecule has 0 heterocycles. The van der Waals surface area contributed by atoms with Gasteiger partial charge in [-0.2, -0.15) is 0 Å². The van der Waals surface area contributed by atoms with E-state index in [0.717, 1.165) is 25.7 Å². The fourth-order valence-corrected chi connectivity index (χ4v) is 3.90. The Kier molecular flexibility index (Phi) is 13.7. The minimum Gasteiger partial charge on any atom is -0.463 e. The highest BCUT2D eigenvalue weighted by Crippen LogP contribution is 2.35. The number of ketones is 1. The Morgan fingerprint density at radius 1 is 1.00 bits per heavy atom. The zero-order valence-corrected chi connectivity index (χ0v) is 18.5. The SMILES string of the molecule is CCCCCCCC(=O)/C=C/C1CCC[C@@H]1C/C=C\CCCC(=O)OC(C)C. The van der Waals surface area contributed by atoms with Crippen LogP contribution in [0.5, 0.6) is 0 Å². The minimum absolute atomic E-state index is 0.0247. The maximum absolute atomic E-state index is 12.1. The molecule has 0 bridgehead atoms. The van der Waals surface area contributed by atoms with Crippen molar-refractivity contribution in [2.24, 2.45) is 11.8 Å². The quantitative estimate of drug-likeness (QED) is 0.131. The van der Waals surface area contributed by atoms with Gasteiger partial charge in [-0.25, -0.2) is 0 Å². The zero-order valence-electron chi connectivity index (χ0n) is 18.5. The second-order valence-corrected chi connectivity index (χ2v) is 8.48. The maximum Gasteiger partial charge on any atom is 0.306 e. The van der Waals surface area contributed by atoms with Crippen LogP contribution in [0, 0.1) is 11.8 Å². The Labute approximate surface area is 173 Å². The van der Waals surface area contributed by atoms with E-state index in [-0.39, 0.29) is 12.1 Å². The zero-order chi connectivity index (χ0) is 20.6. The summed E-state index contributed by atoms with van der Waals surface area (Å²) in [5, 5.41) is 0. The molecule has 1 unspecified atom stereocenters. The van der Waals surface area contributed by atoms with Crippen LogP contribution < -0.4 is 0 Å². The van der Waals surface area contributed by atoms with E-state index in [9.17, 15) is 9.59 Å². The molecule has 1 fully saturated rings. The highest BCUT2D eigenvalue weighted by molar-refractivity contribution is 5.89. The summed E-state index contributed by atoms with van der Waals surface area (Å²) in [5.41, 5.74) is 0. The lowest BCUT2D eigenvalue weighted by Crippen LogP contribution is -2.10. The summed E-state index contributed by atoms with van der Waals surface area (Å²) in [6.45, 7) is 5.97. The molecule has 0 aromatic rings. The van der Waals surface area contributed by atoms with Gasteiger partial charge in [-0.05, 0) is 70.3 Å². The van der Waals surface area contributed by atoms with E-state index < -0.39 is 0 Å². The summed E-state index contributed by atoms with van der Waals surface area (Å²) in [7, 11) is 0. The Hall–Kier alpha value is -1.38. The molecule has 1 rings (SSSR count). The van der Waals surface area contributed by atoms with E-state index in [2.05, 4.69) is 25.2 Å². The summed E-state index contributed by atoms with van der Waals surface area (Å²) in [6, 6.07) is 0. The first-order chi connectivity index (χ1) is 13.5. The summed E-state index contributed by atoms with van der Waals surface area (Å²) in [5.74, 6) is 1.41. The average Bonchev–Trinajstić information content (AvgIpc) is 3.09. The first-order valence-corrected chi connectivity index (χ1v) is 11.6. The van der Waals surface area contributed by atoms with Gasteiger partial charge in [0.1, 0.15) is 0 Å². The number of hydrogen-bond donors (Lipinski definition) is 0. The third kappa shape index (κ3) is 12.2. The lowest BCUT2D eigenvalue weighted by Gasteiger charge is -2.13. The fraction of sp³-hybridized carbons (Fsp3) is 0.760. The van der Waals surface area contributed by atoms with Crippen LogP contribution in [0.15, 0.2) is 24.3 Å². The van der Waals surface area contributed by atoms with Gasteiger partial charge < -0.3 is 4.74 Å². The van der Waals surface area contributed by atoms with Crippen LogP contribution in [0.3, 0.4) is 0 Å². The van der Waals surface area contributed by atoms with E-state index >= 15 is 0 Å². The van der Waals surface area contributed by atoms with Gasteiger partial charge in [0.25, 0.3) is 0 Å². The van der Waals surface area contributed by atoms with Crippen LogP contribution in [-0.4, -0.2) is 17.9 Å². The van der Waals surface area contributed by atoms with Gasteiger partial charge in [-0.15, -0.1) is 0 Å². The lowest BCUT2D eigenvalue weighted by atomic mass is 9.91. The molecule has 28 heavy (non-hydrogen) atoms. The first kappa shape index (κ1) is 24.7. The van der Waals surface area contributed by atoms with Crippen molar-refractivity contribution in [3.63, 3.8) is 0 Å². The molecule has 0 N–H and O–H groups in total. The highest BCUT2D eigenvalue weighted by atomic mass is 16.5. The first-order valence-electron chi connectivity index (χ1n) is 11.6. The van der Waals surface area contributed by atoms with Crippen molar-refractivity contribution < 1.29 is 14.3 Å². The predicted molar refractivity (Wildman–Crippen MR) is 117 cm³/mol. The summed E-state index contributed by atoms with van der Waals surface area (Å²) >= 11 is 0. The number of carbonyl (C=O) groups is 2. The number of hydrogen-bond acceptors (Lipinski definition) is 3. The second kappa shape index (κ2) is 15.5. The molecule has 160 valence electrons. The Morgan fingerprint density at radius 3 is 2.54 bits per heavy atom. The smallest absolute Gasteiger partial charge is 0.306 e. The van der Waals surface area contributed by atoms with E-state index in [4.69, 9.17) is 4.74 Å². The predicted octanol–water partition coefficient (Wildman–Crippen LogP) is 6.96. The van der Waals surface area contributed by atoms with Crippen molar-refractivity contribution >= 4 is 11.8 Å². The van der Waals surface area contributed by atoms with Crippen molar-refractivity contribution in [1.82, 2.24) is 0 Å². The van der Waals surface area contributed by atoms with Crippen molar-refractivity contribution in [2.75, 3.05) is 0 Å². The Morgan fingerprint density at radius 2 is 1.79 bits per heavy atom. The molecule has 1 aliphatic carbocycles. The van der Waals surface area contributed by atoms with Gasteiger partial charge in [0.05, 0.1) is 6.10 Å². The van der Waals surface area contributed by atoms with Gasteiger partial charge in [-0.3, -0.25) is 9.59 Å². The van der Waals surface area contributed by atoms with Crippen LogP contribution in [-0.2, 0) is 14.3 Å². The third-order valence-electron chi connectivity index (χ3n) is 5.50. The van der Waals surface area contributed by atoms with Gasteiger partial charge in [0, 0.05) is 12.8 Å². The topological polar surface area (TPSA) is 43.4 Å². The van der Waals surface area contributed by atoms with Crippen LogP contribution in [0.2, 0.25) is 0 Å². The second-order valence-electron chi connectivity index (χ2n) is 8.48. The summed E-state index contributed by atoms with van der Waals surface area (Å²) in [6.07, 6.45) is 22.3. The lowest BCUT2D eigenvalue weighted by molar-refractivity contribution is -0.147. The molecule has 1 aliphatic rings. The summed E-state index contributed by atoms with van der Waals surface area (Å²) in [4.78, 5) is 23.6. The largest absolute Gasteiger partial charge is 0.463 e. The van der Waals surface area contributed by atoms with Crippen molar-refractivity contribution in [3.8, 4) is 0 Å². The van der Waals surface area contributed by atoms with E-state index in [1.54, 1.807) is 0 Å². The van der Waals surface area contributed by atoms with Crippen LogP contribution in [0.4, 0.5) is 0 Å².